The fourth-order valence-electron chi connectivity index (χ4n) is 4.29. The lowest BCUT2D eigenvalue weighted by Crippen LogP contribution is -2.64. The molecule has 3 atom stereocenters. The molecule has 2 bridgehead atoms. The van der Waals surface area contributed by atoms with Crippen LogP contribution in [0.3, 0.4) is 0 Å². The van der Waals surface area contributed by atoms with E-state index in [1.807, 2.05) is 0 Å². The van der Waals surface area contributed by atoms with Crippen LogP contribution >= 0.6 is 0 Å². The van der Waals surface area contributed by atoms with Gasteiger partial charge in [-0.1, -0.05) is 19.3 Å². The van der Waals surface area contributed by atoms with Gasteiger partial charge in [0.25, 0.3) is 0 Å². The highest BCUT2D eigenvalue weighted by Crippen LogP contribution is 2.38. The number of nitrogens with zero attached hydrogens (tertiary/aromatic N) is 1. The SMILES string of the molecule is COC(=O)C1(NC2CCCCC2)CCN2CCC1C2. The molecule has 0 amide bonds. The van der Waals surface area contributed by atoms with Gasteiger partial charge in [-0.25, -0.2) is 0 Å². The molecule has 0 aromatic carbocycles. The zero-order valence-electron chi connectivity index (χ0n) is 12.0. The summed E-state index contributed by atoms with van der Waals surface area (Å²) in [6.07, 6.45) is 8.43. The summed E-state index contributed by atoms with van der Waals surface area (Å²) in [4.78, 5) is 14.9. The molecule has 3 fully saturated rings. The third-order valence-corrected chi connectivity index (χ3v) is 5.41. The van der Waals surface area contributed by atoms with E-state index in [0.717, 1.165) is 32.5 Å². The van der Waals surface area contributed by atoms with E-state index in [2.05, 4.69) is 10.2 Å². The van der Waals surface area contributed by atoms with Gasteiger partial charge in [-0.05, 0) is 32.2 Å². The van der Waals surface area contributed by atoms with Crippen LogP contribution in [0.5, 0.6) is 0 Å². The zero-order chi connectivity index (χ0) is 13.3. The smallest absolute Gasteiger partial charge is 0.326 e. The van der Waals surface area contributed by atoms with Crippen molar-refractivity contribution < 1.29 is 9.53 Å². The Labute approximate surface area is 115 Å². The van der Waals surface area contributed by atoms with Gasteiger partial charge in [-0.2, -0.15) is 0 Å². The summed E-state index contributed by atoms with van der Waals surface area (Å²) in [6.45, 7) is 3.25. The van der Waals surface area contributed by atoms with Gasteiger partial charge in [0.1, 0.15) is 5.54 Å². The van der Waals surface area contributed by atoms with Crippen LogP contribution in [-0.4, -0.2) is 49.2 Å². The van der Waals surface area contributed by atoms with Gasteiger partial charge in [-0.15, -0.1) is 0 Å². The van der Waals surface area contributed by atoms with E-state index < -0.39 is 5.54 Å². The molecule has 19 heavy (non-hydrogen) atoms. The number of hydrogen-bond acceptors (Lipinski definition) is 4. The first-order valence-corrected chi connectivity index (χ1v) is 7.83. The first kappa shape index (κ1) is 13.4. The van der Waals surface area contributed by atoms with E-state index in [4.69, 9.17) is 4.74 Å². The maximum absolute atomic E-state index is 12.4. The Morgan fingerprint density at radius 1 is 1.21 bits per heavy atom. The molecule has 3 unspecified atom stereocenters. The van der Waals surface area contributed by atoms with E-state index in [-0.39, 0.29) is 5.97 Å². The van der Waals surface area contributed by atoms with Crippen LogP contribution in [0.25, 0.3) is 0 Å². The molecular weight excluding hydrogens is 240 g/mol. The first-order chi connectivity index (χ1) is 9.24. The van der Waals surface area contributed by atoms with Crippen LogP contribution in [0.1, 0.15) is 44.9 Å². The highest BCUT2D eigenvalue weighted by atomic mass is 16.5. The Bertz CT molecular complexity index is 341. The Hall–Kier alpha value is -0.610. The van der Waals surface area contributed by atoms with Crippen LogP contribution in [0.2, 0.25) is 0 Å². The molecule has 0 aromatic heterocycles. The number of carbonyl (C=O) groups excluding carboxylic acids is 1. The van der Waals surface area contributed by atoms with E-state index in [0.29, 0.717) is 12.0 Å². The van der Waals surface area contributed by atoms with Crippen molar-refractivity contribution in [1.29, 1.82) is 0 Å². The quantitative estimate of drug-likeness (QED) is 0.787. The van der Waals surface area contributed by atoms with Gasteiger partial charge in [0.2, 0.25) is 0 Å². The second kappa shape index (κ2) is 5.41. The fraction of sp³-hybridized carbons (Fsp3) is 0.933. The average Bonchev–Trinajstić information content (AvgIpc) is 2.87. The lowest BCUT2D eigenvalue weighted by atomic mass is 9.77. The number of carbonyl (C=O) groups is 1. The van der Waals surface area contributed by atoms with Gasteiger partial charge >= 0.3 is 5.97 Å². The Morgan fingerprint density at radius 3 is 2.74 bits per heavy atom. The number of nitrogens with one attached hydrogen (secondary N) is 1. The maximum atomic E-state index is 12.4. The van der Waals surface area contributed by atoms with E-state index in [9.17, 15) is 4.79 Å². The first-order valence-electron chi connectivity index (χ1n) is 7.83. The minimum Gasteiger partial charge on any atom is -0.468 e. The molecule has 1 N–H and O–H groups in total. The largest absolute Gasteiger partial charge is 0.468 e. The molecule has 108 valence electrons. The minimum atomic E-state index is -0.399. The summed E-state index contributed by atoms with van der Waals surface area (Å²) in [6, 6.07) is 0.514. The predicted molar refractivity (Wildman–Crippen MR) is 73.9 cm³/mol. The Kier molecular flexibility index (Phi) is 3.81. The normalized spacial score (nSPS) is 39.2. The second-order valence-corrected chi connectivity index (χ2v) is 6.48. The van der Waals surface area contributed by atoms with Crippen molar-refractivity contribution in [2.24, 2.45) is 5.92 Å². The summed E-state index contributed by atoms with van der Waals surface area (Å²) in [5.41, 5.74) is -0.399. The maximum Gasteiger partial charge on any atom is 0.326 e. The van der Waals surface area contributed by atoms with Crippen molar-refractivity contribution in [1.82, 2.24) is 10.2 Å². The molecule has 2 heterocycles. The molecule has 4 nitrogen and oxygen atoms in total. The van der Waals surface area contributed by atoms with E-state index >= 15 is 0 Å². The second-order valence-electron chi connectivity index (χ2n) is 6.48. The lowest BCUT2D eigenvalue weighted by molar-refractivity contribution is -0.153. The van der Waals surface area contributed by atoms with Gasteiger partial charge in [0.15, 0.2) is 0 Å². The summed E-state index contributed by atoms with van der Waals surface area (Å²) >= 11 is 0. The Morgan fingerprint density at radius 2 is 2.00 bits per heavy atom. The van der Waals surface area contributed by atoms with Gasteiger partial charge in [0, 0.05) is 25.0 Å². The number of ether oxygens (including phenoxy) is 1. The molecule has 1 aliphatic carbocycles. The molecule has 4 heteroatoms. The van der Waals surface area contributed by atoms with Crippen LogP contribution in [0.4, 0.5) is 0 Å². The highest BCUT2D eigenvalue weighted by molar-refractivity contribution is 5.81. The van der Waals surface area contributed by atoms with Crippen molar-refractivity contribution in [2.45, 2.75) is 56.5 Å². The fourth-order valence-corrected chi connectivity index (χ4v) is 4.29. The van der Waals surface area contributed by atoms with Gasteiger partial charge in [-0.3, -0.25) is 10.1 Å². The van der Waals surface area contributed by atoms with Gasteiger partial charge < -0.3 is 9.64 Å². The molecule has 0 spiro atoms. The number of piperidine rings is 1. The van der Waals surface area contributed by atoms with Crippen LogP contribution in [0, 0.1) is 5.92 Å². The Balaban J connectivity index is 1.77. The third kappa shape index (κ3) is 2.40. The predicted octanol–water partition coefficient (Wildman–Crippen LogP) is 1.55. The van der Waals surface area contributed by atoms with Crippen molar-refractivity contribution in [3.63, 3.8) is 0 Å². The molecule has 1 saturated carbocycles. The average molecular weight is 266 g/mol. The summed E-state index contributed by atoms with van der Waals surface area (Å²) in [5.74, 6) is 0.417. The van der Waals surface area contributed by atoms with Crippen molar-refractivity contribution in [3.8, 4) is 0 Å². The molecule has 2 saturated heterocycles. The monoisotopic (exact) mass is 266 g/mol. The van der Waals surface area contributed by atoms with Crippen LogP contribution < -0.4 is 5.32 Å². The van der Waals surface area contributed by atoms with Crippen LogP contribution in [-0.2, 0) is 9.53 Å². The highest BCUT2D eigenvalue weighted by Gasteiger charge is 2.52. The number of methoxy groups -OCH3 is 1. The lowest BCUT2D eigenvalue weighted by Gasteiger charge is -2.44. The standard InChI is InChI=1S/C15H26N2O2/c1-19-14(18)15(16-13-5-3-2-4-6-13)8-10-17-9-7-12(15)11-17/h12-13,16H,2-11H2,1H3. The topological polar surface area (TPSA) is 41.6 Å². The number of rotatable bonds is 3. The van der Waals surface area contributed by atoms with Crippen molar-refractivity contribution >= 4 is 5.97 Å². The number of esters is 1. The summed E-state index contributed by atoms with van der Waals surface area (Å²) in [5, 5.41) is 3.75. The molecule has 3 aliphatic rings. The molecule has 3 rings (SSSR count). The van der Waals surface area contributed by atoms with Crippen molar-refractivity contribution in [2.75, 3.05) is 26.7 Å². The van der Waals surface area contributed by atoms with Gasteiger partial charge in [0.05, 0.1) is 7.11 Å². The molecule has 0 aromatic rings. The summed E-state index contributed by atoms with van der Waals surface area (Å²) < 4.78 is 5.17. The summed E-state index contributed by atoms with van der Waals surface area (Å²) in [7, 11) is 1.54. The molecular formula is C15H26N2O2. The third-order valence-electron chi connectivity index (χ3n) is 5.41. The molecule has 2 aliphatic heterocycles. The molecule has 0 radical (unpaired) electrons. The number of fused-ring (bicyclic) bond motifs is 2. The van der Waals surface area contributed by atoms with Crippen molar-refractivity contribution in [3.05, 3.63) is 0 Å². The van der Waals surface area contributed by atoms with E-state index in [1.165, 1.54) is 39.2 Å². The van der Waals surface area contributed by atoms with E-state index in [1.54, 1.807) is 0 Å². The van der Waals surface area contributed by atoms with Crippen LogP contribution in [0.15, 0.2) is 0 Å². The zero-order valence-corrected chi connectivity index (χ0v) is 12.0. The number of hydrogen-bond donors (Lipinski definition) is 1. The minimum absolute atomic E-state index is 0.0235.